The fourth-order valence-electron chi connectivity index (χ4n) is 2.64. The van der Waals surface area contributed by atoms with Crippen LogP contribution in [0.1, 0.15) is 45.7 Å². The van der Waals surface area contributed by atoms with Crippen LogP contribution in [0.3, 0.4) is 0 Å². The summed E-state index contributed by atoms with van der Waals surface area (Å²) in [5, 5.41) is -0.183. The van der Waals surface area contributed by atoms with E-state index in [2.05, 4.69) is 9.97 Å². The fourth-order valence-corrected chi connectivity index (χ4v) is 4.15. The molecule has 134 valence electrons. The van der Waals surface area contributed by atoms with Crippen molar-refractivity contribution in [2.24, 2.45) is 0 Å². The number of sulfone groups is 1. The third kappa shape index (κ3) is 4.90. The van der Waals surface area contributed by atoms with E-state index in [0.717, 1.165) is 12.8 Å². The smallest absolute Gasteiger partial charge is 0.410 e. The zero-order valence-electron chi connectivity index (χ0n) is 14.7. The molecule has 1 aromatic heterocycles. The van der Waals surface area contributed by atoms with Gasteiger partial charge < -0.3 is 9.64 Å². The summed E-state index contributed by atoms with van der Waals surface area (Å²) in [4.78, 5) is 21.8. The highest BCUT2D eigenvalue weighted by atomic mass is 32.2. The van der Waals surface area contributed by atoms with Crippen LogP contribution in [0.4, 0.5) is 4.79 Å². The van der Waals surface area contributed by atoms with E-state index in [1.807, 2.05) is 0 Å². The Kier molecular flexibility index (Phi) is 5.47. The van der Waals surface area contributed by atoms with Gasteiger partial charge in [0.05, 0.1) is 5.75 Å². The van der Waals surface area contributed by atoms with Gasteiger partial charge in [-0.05, 0) is 53.0 Å². The molecule has 1 atom stereocenters. The molecule has 1 aromatic rings. The topological polar surface area (TPSA) is 89.5 Å². The van der Waals surface area contributed by atoms with Crippen molar-refractivity contribution in [1.82, 2.24) is 14.9 Å². The maximum Gasteiger partial charge on any atom is 0.410 e. The van der Waals surface area contributed by atoms with Gasteiger partial charge in [0.1, 0.15) is 5.60 Å². The molecule has 8 heteroatoms. The van der Waals surface area contributed by atoms with E-state index in [1.54, 1.807) is 33.8 Å². The first-order valence-electron chi connectivity index (χ1n) is 8.10. The molecule has 24 heavy (non-hydrogen) atoms. The third-order valence-corrected chi connectivity index (χ3v) is 5.29. The number of likely N-dealkylation sites (tertiary alicyclic amines) is 1. The molecule has 1 aliphatic rings. The minimum atomic E-state index is -3.66. The van der Waals surface area contributed by atoms with E-state index in [9.17, 15) is 13.2 Å². The number of hydrogen-bond acceptors (Lipinski definition) is 6. The standard InChI is InChI=1S/C16H25N3O4S/c1-12-8-9-17-14(18-12)24(21,22)11-13-7-5-6-10-19(13)15(20)23-16(2,3)4/h8-9,13H,5-7,10-11H2,1-4H3/t13-/m0/s1. The Balaban J connectivity index is 2.17. The minimum Gasteiger partial charge on any atom is -0.444 e. The Morgan fingerprint density at radius 1 is 1.38 bits per heavy atom. The molecular formula is C16H25N3O4S. The highest BCUT2D eigenvalue weighted by Crippen LogP contribution is 2.23. The van der Waals surface area contributed by atoms with Gasteiger partial charge in [-0.25, -0.2) is 23.2 Å². The molecule has 0 radical (unpaired) electrons. The number of carbonyl (C=O) groups excluding carboxylic acids is 1. The molecule has 1 amide bonds. The van der Waals surface area contributed by atoms with Gasteiger partial charge in [-0.1, -0.05) is 0 Å². The quantitative estimate of drug-likeness (QED) is 0.773. The zero-order valence-corrected chi connectivity index (χ0v) is 15.5. The Labute approximate surface area is 143 Å². The van der Waals surface area contributed by atoms with Crippen LogP contribution in [0.25, 0.3) is 0 Å². The van der Waals surface area contributed by atoms with Gasteiger partial charge in [-0.3, -0.25) is 0 Å². The number of carbonyl (C=O) groups is 1. The number of nitrogens with zero attached hydrogens (tertiary/aromatic N) is 3. The first-order chi connectivity index (χ1) is 11.1. The number of rotatable bonds is 3. The fraction of sp³-hybridized carbons (Fsp3) is 0.688. The summed E-state index contributed by atoms with van der Waals surface area (Å²) in [7, 11) is -3.66. The second-order valence-electron chi connectivity index (χ2n) is 7.09. The molecule has 2 rings (SSSR count). The molecule has 1 saturated heterocycles. The lowest BCUT2D eigenvalue weighted by atomic mass is 10.0. The first-order valence-corrected chi connectivity index (χ1v) is 9.76. The van der Waals surface area contributed by atoms with Crippen LogP contribution in [0, 0.1) is 6.92 Å². The number of aromatic nitrogens is 2. The van der Waals surface area contributed by atoms with Gasteiger partial charge in [0.2, 0.25) is 15.0 Å². The Morgan fingerprint density at radius 2 is 2.08 bits per heavy atom. The molecule has 1 aliphatic heterocycles. The van der Waals surface area contributed by atoms with Crippen LogP contribution >= 0.6 is 0 Å². The van der Waals surface area contributed by atoms with Gasteiger partial charge in [0.25, 0.3) is 0 Å². The summed E-state index contributed by atoms with van der Waals surface area (Å²) < 4.78 is 30.6. The normalized spacial score (nSPS) is 19.2. The predicted octanol–water partition coefficient (Wildman–Crippen LogP) is 2.35. The van der Waals surface area contributed by atoms with Gasteiger partial charge in [0.15, 0.2) is 0 Å². The number of piperidine rings is 1. The molecule has 7 nitrogen and oxygen atoms in total. The summed E-state index contributed by atoms with van der Waals surface area (Å²) in [5.74, 6) is -0.185. The third-order valence-electron chi connectivity index (χ3n) is 3.72. The molecule has 0 bridgehead atoms. The van der Waals surface area contributed by atoms with E-state index < -0.39 is 27.6 Å². The van der Waals surface area contributed by atoms with E-state index in [-0.39, 0.29) is 10.9 Å². The Bertz CT molecular complexity index is 698. The van der Waals surface area contributed by atoms with Gasteiger partial charge >= 0.3 is 6.09 Å². The molecule has 0 unspecified atom stereocenters. The highest BCUT2D eigenvalue weighted by Gasteiger charge is 2.34. The molecule has 0 saturated carbocycles. The number of aryl methyl sites for hydroxylation is 1. The molecule has 1 fully saturated rings. The Hall–Kier alpha value is -1.70. The van der Waals surface area contributed by atoms with E-state index in [4.69, 9.17) is 4.74 Å². The monoisotopic (exact) mass is 355 g/mol. The number of ether oxygens (including phenoxy) is 1. The molecule has 2 heterocycles. The summed E-state index contributed by atoms with van der Waals surface area (Å²) in [6, 6.07) is 1.23. The summed E-state index contributed by atoms with van der Waals surface area (Å²) >= 11 is 0. The summed E-state index contributed by atoms with van der Waals surface area (Å²) in [6.45, 7) is 7.60. The van der Waals surface area contributed by atoms with Crippen LogP contribution in [0.15, 0.2) is 17.4 Å². The van der Waals surface area contributed by atoms with Crippen molar-refractivity contribution in [1.29, 1.82) is 0 Å². The van der Waals surface area contributed by atoms with E-state index in [0.29, 0.717) is 18.7 Å². The SMILES string of the molecule is Cc1ccnc(S(=O)(=O)C[C@@H]2CCCCN2C(=O)OC(C)(C)C)n1. The van der Waals surface area contributed by atoms with Crippen molar-refractivity contribution in [3.63, 3.8) is 0 Å². The minimum absolute atomic E-state index is 0.183. The number of hydrogen-bond donors (Lipinski definition) is 0. The predicted molar refractivity (Wildman–Crippen MR) is 89.4 cm³/mol. The van der Waals surface area contributed by atoms with Gasteiger partial charge in [0, 0.05) is 24.5 Å². The molecule has 0 spiro atoms. The largest absolute Gasteiger partial charge is 0.444 e. The van der Waals surface area contributed by atoms with Gasteiger partial charge in [-0.15, -0.1) is 0 Å². The molecule has 0 N–H and O–H groups in total. The van der Waals surface area contributed by atoms with Crippen LogP contribution in [-0.2, 0) is 14.6 Å². The maximum absolute atomic E-state index is 12.6. The number of amides is 1. The highest BCUT2D eigenvalue weighted by molar-refractivity contribution is 7.91. The van der Waals surface area contributed by atoms with E-state index in [1.165, 1.54) is 11.1 Å². The molecule has 0 aromatic carbocycles. The summed E-state index contributed by atoms with van der Waals surface area (Å²) in [6.07, 6.45) is 3.32. The second-order valence-corrected chi connectivity index (χ2v) is 9.01. The van der Waals surface area contributed by atoms with Crippen molar-refractivity contribution < 1.29 is 17.9 Å². The molecule has 0 aliphatic carbocycles. The summed E-state index contributed by atoms with van der Waals surface area (Å²) in [5.41, 5.74) is -0.0198. The van der Waals surface area contributed by atoms with E-state index >= 15 is 0 Å². The first kappa shape index (κ1) is 18.6. The van der Waals surface area contributed by atoms with Crippen molar-refractivity contribution >= 4 is 15.9 Å². The lowest BCUT2D eigenvalue weighted by Gasteiger charge is -2.36. The van der Waals surface area contributed by atoms with Crippen LogP contribution < -0.4 is 0 Å². The lowest BCUT2D eigenvalue weighted by molar-refractivity contribution is 0.0124. The average Bonchev–Trinajstić information content (AvgIpc) is 2.45. The average molecular weight is 355 g/mol. The zero-order chi connectivity index (χ0) is 18.0. The maximum atomic E-state index is 12.6. The van der Waals surface area contributed by atoms with Crippen molar-refractivity contribution in [2.45, 2.75) is 63.8 Å². The van der Waals surface area contributed by atoms with Crippen molar-refractivity contribution in [3.8, 4) is 0 Å². The Morgan fingerprint density at radius 3 is 2.71 bits per heavy atom. The van der Waals surface area contributed by atoms with Crippen LogP contribution in [0.2, 0.25) is 0 Å². The lowest BCUT2D eigenvalue weighted by Crippen LogP contribution is -2.49. The van der Waals surface area contributed by atoms with Crippen molar-refractivity contribution in [2.75, 3.05) is 12.3 Å². The van der Waals surface area contributed by atoms with Crippen LogP contribution in [0.5, 0.6) is 0 Å². The van der Waals surface area contributed by atoms with Gasteiger partial charge in [-0.2, -0.15) is 0 Å². The second kappa shape index (κ2) is 7.04. The van der Waals surface area contributed by atoms with Crippen molar-refractivity contribution in [3.05, 3.63) is 18.0 Å². The van der Waals surface area contributed by atoms with Crippen LogP contribution in [-0.4, -0.2) is 53.3 Å². The molecular weight excluding hydrogens is 330 g/mol.